The molecule has 0 atom stereocenters. The van der Waals surface area contributed by atoms with Crippen LogP contribution in [0.25, 0.3) is 0 Å². The van der Waals surface area contributed by atoms with Crippen LogP contribution in [-0.2, 0) is 16.8 Å². The predicted octanol–water partition coefficient (Wildman–Crippen LogP) is 2.14. The molecule has 7 heteroatoms. The first-order valence-corrected chi connectivity index (χ1v) is 8.96. The Kier molecular flexibility index (Phi) is 7.48. The van der Waals surface area contributed by atoms with E-state index >= 15 is 0 Å². The Balaban J connectivity index is 0.00000243. The zero-order chi connectivity index (χ0) is 17.5. The van der Waals surface area contributed by atoms with Gasteiger partial charge in [-0.1, -0.05) is 18.2 Å². The van der Waals surface area contributed by atoms with Gasteiger partial charge in [-0.25, -0.2) is 0 Å². The number of hydrogen-bond donors (Lipinski definition) is 2. The predicted molar refractivity (Wildman–Crippen MR) is 104 cm³/mol. The summed E-state index contributed by atoms with van der Waals surface area (Å²) in [6, 6.07) is 9.85. The summed E-state index contributed by atoms with van der Waals surface area (Å²) in [6.45, 7) is 4.84. The van der Waals surface area contributed by atoms with Crippen molar-refractivity contribution in [2.24, 2.45) is 0 Å². The standard InChI is InChI=1S/C19H26N4O2.ClH/c1-2-25-17-7-4-3-6-16(17)8-12-21-18(24)19(9-13-20-14-10-19)23-15-5-11-22-23;/h3-7,11,15,20H,2,8-10,12-14H2,1H3,(H,21,24);1H. The van der Waals surface area contributed by atoms with E-state index in [2.05, 4.69) is 15.7 Å². The van der Waals surface area contributed by atoms with Crippen LogP contribution in [0.4, 0.5) is 0 Å². The zero-order valence-electron chi connectivity index (χ0n) is 15.1. The van der Waals surface area contributed by atoms with Crippen LogP contribution in [0.2, 0.25) is 0 Å². The molecule has 1 aromatic heterocycles. The van der Waals surface area contributed by atoms with Gasteiger partial charge in [0.25, 0.3) is 0 Å². The van der Waals surface area contributed by atoms with Crippen LogP contribution < -0.4 is 15.4 Å². The van der Waals surface area contributed by atoms with Crippen LogP contribution in [0.15, 0.2) is 42.7 Å². The van der Waals surface area contributed by atoms with Gasteiger partial charge in [-0.05, 0) is 57.0 Å². The van der Waals surface area contributed by atoms with E-state index < -0.39 is 5.54 Å². The van der Waals surface area contributed by atoms with E-state index in [1.807, 2.05) is 48.1 Å². The van der Waals surface area contributed by atoms with Gasteiger partial charge in [0.05, 0.1) is 6.61 Å². The second-order valence-corrected chi connectivity index (χ2v) is 6.28. The molecule has 1 saturated heterocycles. The molecular weight excluding hydrogens is 352 g/mol. The normalized spacial score (nSPS) is 15.7. The summed E-state index contributed by atoms with van der Waals surface area (Å²) in [7, 11) is 0. The lowest BCUT2D eigenvalue weighted by Crippen LogP contribution is -2.54. The topological polar surface area (TPSA) is 68.2 Å². The molecule has 3 rings (SSSR count). The number of para-hydroxylation sites is 1. The van der Waals surface area contributed by atoms with E-state index in [1.165, 1.54) is 0 Å². The van der Waals surface area contributed by atoms with Gasteiger partial charge in [-0.2, -0.15) is 5.10 Å². The third kappa shape index (κ3) is 4.37. The van der Waals surface area contributed by atoms with Gasteiger partial charge in [0.2, 0.25) is 5.91 Å². The number of amides is 1. The molecule has 1 fully saturated rings. The summed E-state index contributed by atoms with van der Waals surface area (Å²) >= 11 is 0. The van der Waals surface area contributed by atoms with Gasteiger partial charge in [0, 0.05) is 18.9 Å². The summed E-state index contributed by atoms with van der Waals surface area (Å²) in [5, 5.41) is 10.8. The van der Waals surface area contributed by atoms with Crippen LogP contribution in [0.1, 0.15) is 25.3 Å². The van der Waals surface area contributed by atoms with Crippen LogP contribution >= 0.6 is 12.4 Å². The highest BCUT2D eigenvalue weighted by Gasteiger charge is 2.41. The lowest BCUT2D eigenvalue weighted by atomic mass is 9.87. The van der Waals surface area contributed by atoms with Crippen molar-refractivity contribution in [3.05, 3.63) is 48.3 Å². The zero-order valence-corrected chi connectivity index (χ0v) is 15.9. The largest absolute Gasteiger partial charge is 0.494 e. The number of aromatic nitrogens is 2. The molecule has 1 aromatic carbocycles. The average molecular weight is 379 g/mol. The molecule has 0 radical (unpaired) electrons. The van der Waals surface area contributed by atoms with Crippen LogP contribution in [0, 0.1) is 0 Å². The number of carbonyl (C=O) groups is 1. The van der Waals surface area contributed by atoms with Gasteiger partial charge in [-0.3, -0.25) is 9.48 Å². The molecule has 0 saturated carbocycles. The minimum Gasteiger partial charge on any atom is -0.494 e. The Morgan fingerprint density at radius 2 is 2.08 bits per heavy atom. The van der Waals surface area contributed by atoms with Crippen LogP contribution in [0.3, 0.4) is 0 Å². The van der Waals surface area contributed by atoms with Crippen molar-refractivity contribution >= 4 is 18.3 Å². The van der Waals surface area contributed by atoms with E-state index in [1.54, 1.807) is 6.20 Å². The molecule has 0 bridgehead atoms. The van der Waals surface area contributed by atoms with Crippen molar-refractivity contribution in [1.29, 1.82) is 0 Å². The molecule has 2 heterocycles. The fourth-order valence-corrected chi connectivity index (χ4v) is 3.40. The Hall–Kier alpha value is -2.05. The van der Waals surface area contributed by atoms with Crippen LogP contribution in [-0.4, -0.2) is 41.9 Å². The molecule has 142 valence electrons. The lowest BCUT2D eigenvalue weighted by molar-refractivity contribution is -0.131. The molecule has 1 aliphatic rings. The summed E-state index contributed by atoms with van der Waals surface area (Å²) in [5.41, 5.74) is 0.525. The minimum absolute atomic E-state index is 0. The average Bonchev–Trinajstić information content (AvgIpc) is 3.19. The number of carbonyl (C=O) groups excluding carboxylic acids is 1. The van der Waals surface area contributed by atoms with Gasteiger partial charge >= 0.3 is 0 Å². The smallest absolute Gasteiger partial charge is 0.248 e. The molecule has 1 amide bonds. The lowest BCUT2D eigenvalue weighted by Gasteiger charge is -2.36. The minimum atomic E-state index is -0.589. The monoisotopic (exact) mass is 378 g/mol. The molecule has 6 nitrogen and oxygen atoms in total. The second kappa shape index (κ2) is 9.59. The van der Waals surface area contributed by atoms with Crippen molar-refractivity contribution in [2.45, 2.75) is 31.7 Å². The van der Waals surface area contributed by atoms with Crippen molar-refractivity contribution in [3.8, 4) is 5.75 Å². The Bertz CT molecular complexity index is 685. The number of halogens is 1. The molecule has 0 unspecified atom stereocenters. The third-order valence-electron chi connectivity index (χ3n) is 4.75. The number of ether oxygens (including phenoxy) is 1. The molecule has 2 aromatic rings. The summed E-state index contributed by atoms with van der Waals surface area (Å²) in [5.74, 6) is 0.939. The number of hydrogen-bond acceptors (Lipinski definition) is 4. The van der Waals surface area contributed by atoms with Crippen molar-refractivity contribution in [1.82, 2.24) is 20.4 Å². The summed E-state index contributed by atoms with van der Waals surface area (Å²) < 4.78 is 7.47. The quantitative estimate of drug-likeness (QED) is 0.774. The SMILES string of the molecule is CCOc1ccccc1CCNC(=O)C1(n2cccn2)CCNCC1.Cl. The Morgan fingerprint density at radius 3 is 2.77 bits per heavy atom. The highest BCUT2D eigenvalue weighted by Crippen LogP contribution is 2.27. The number of benzene rings is 1. The second-order valence-electron chi connectivity index (χ2n) is 6.28. The van der Waals surface area contributed by atoms with Crippen molar-refractivity contribution in [2.75, 3.05) is 26.2 Å². The van der Waals surface area contributed by atoms with Crippen molar-refractivity contribution in [3.63, 3.8) is 0 Å². The number of piperidine rings is 1. The Morgan fingerprint density at radius 1 is 1.31 bits per heavy atom. The maximum Gasteiger partial charge on any atom is 0.248 e. The molecule has 2 N–H and O–H groups in total. The third-order valence-corrected chi connectivity index (χ3v) is 4.75. The molecule has 0 aliphatic carbocycles. The molecule has 1 aliphatic heterocycles. The van der Waals surface area contributed by atoms with Gasteiger partial charge in [0.15, 0.2) is 0 Å². The number of nitrogens with zero attached hydrogens (tertiary/aromatic N) is 2. The maximum absolute atomic E-state index is 13.0. The first-order valence-electron chi connectivity index (χ1n) is 8.96. The van der Waals surface area contributed by atoms with Gasteiger partial charge < -0.3 is 15.4 Å². The first-order chi connectivity index (χ1) is 12.3. The highest BCUT2D eigenvalue weighted by atomic mass is 35.5. The fourth-order valence-electron chi connectivity index (χ4n) is 3.40. The van der Waals surface area contributed by atoms with Crippen LogP contribution in [0.5, 0.6) is 5.75 Å². The molecule has 0 spiro atoms. The summed E-state index contributed by atoms with van der Waals surface area (Å²) in [6.07, 6.45) is 5.85. The maximum atomic E-state index is 13.0. The molecular formula is C19H27ClN4O2. The van der Waals surface area contributed by atoms with E-state index in [-0.39, 0.29) is 18.3 Å². The van der Waals surface area contributed by atoms with Crippen molar-refractivity contribution < 1.29 is 9.53 Å². The van der Waals surface area contributed by atoms with E-state index in [4.69, 9.17) is 4.74 Å². The van der Waals surface area contributed by atoms with E-state index in [9.17, 15) is 4.79 Å². The number of rotatable bonds is 7. The summed E-state index contributed by atoms with van der Waals surface area (Å²) in [4.78, 5) is 13.0. The number of nitrogens with one attached hydrogen (secondary N) is 2. The fraction of sp³-hybridized carbons (Fsp3) is 0.474. The highest BCUT2D eigenvalue weighted by molar-refractivity contribution is 5.85. The van der Waals surface area contributed by atoms with E-state index in [0.717, 1.165) is 43.7 Å². The van der Waals surface area contributed by atoms with Gasteiger partial charge in [0.1, 0.15) is 11.3 Å². The van der Waals surface area contributed by atoms with E-state index in [0.29, 0.717) is 13.2 Å². The Labute approximate surface area is 160 Å². The molecule has 26 heavy (non-hydrogen) atoms. The first kappa shape index (κ1) is 20.3. The van der Waals surface area contributed by atoms with Gasteiger partial charge in [-0.15, -0.1) is 12.4 Å².